The number of hydrogen-bond acceptors (Lipinski definition) is 5. The zero-order valence-corrected chi connectivity index (χ0v) is 15.3. The third kappa shape index (κ3) is 5.32. The number of aromatic amines is 1. The van der Waals surface area contributed by atoms with Gasteiger partial charge in [-0.3, -0.25) is 19.6 Å². The molecule has 1 fully saturated rings. The molecule has 2 rings (SSSR count). The van der Waals surface area contributed by atoms with E-state index in [4.69, 9.17) is 5.73 Å². The lowest BCUT2D eigenvalue weighted by Gasteiger charge is -2.23. The molecule has 1 aromatic heterocycles. The maximum atomic E-state index is 12.5. The van der Waals surface area contributed by atoms with E-state index in [1.165, 1.54) is 11.6 Å². The second kappa shape index (κ2) is 8.15. The Hall–Kier alpha value is -2.35. The van der Waals surface area contributed by atoms with Crippen LogP contribution in [0, 0.1) is 0 Å². The molecule has 1 aliphatic rings. The van der Waals surface area contributed by atoms with Crippen LogP contribution in [-0.2, 0) is 4.79 Å². The van der Waals surface area contributed by atoms with Crippen molar-refractivity contribution in [1.29, 1.82) is 0 Å². The molecule has 1 aliphatic heterocycles. The summed E-state index contributed by atoms with van der Waals surface area (Å²) >= 11 is 0. The molecule has 0 radical (unpaired) electrons. The molecule has 8 heteroatoms. The third-order valence-corrected chi connectivity index (χ3v) is 4.05. The van der Waals surface area contributed by atoms with Crippen LogP contribution in [0.15, 0.2) is 17.7 Å². The lowest BCUT2D eigenvalue weighted by Crippen LogP contribution is -2.45. The van der Waals surface area contributed by atoms with Gasteiger partial charge in [-0.05, 0) is 34.1 Å². The molecule has 25 heavy (non-hydrogen) atoms. The number of carbonyl (C=O) groups excluding carboxylic acids is 2. The molecule has 2 atom stereocenters. The Labute approximate surface area is 148 Å². The lowest BCUT2D eigenvalue weighted by molar-refractivity contribution is -0.125. The monoisotopic (exact) mass is 348 g/mol. The Morgan fingerprint density at radius 1 is 1.48 bits per heavy atom. The van der Waals surface area contributed by atoms with Gasteiger partial charge in [-0.25, -0.2) is 0 Å². The van der Waals surface area contributed by atoms with Gasteiger partial charge in [0.25, 0.3) is 5.91 Å². The van der Waals surface area contributed by atoms with Crippen molar-refractivity contribution in [3.8, 4) is 0 Å². The number of aromatic nitrogens is 2. The summed E-state index contributed by atoms with van der Waals surface area (Å²) in [6.45, 7) is 9.24. The van der Waals surface area contributed by atoms with E-state index in [0.29, 0.717) is 25.2 Å². The van der Waals surface area contributed by atoms with Crippen LogP contribution in [0.1, 0.15) is 44.6 Å². The summed E-state index contributed by atoms with van der Waals surface area (Å²) in [6, 6.07) is 1.22. The Bertz CT molecular complexity index is 647. The SMILES string of the molecule is CC(C)=CCN1C[C@H](NC(=O)c2cc(N)n[nH]2)C[C@H]1C(=O)NC(C)C. The molecule has 8 nitrogen and oxygen atoms in total. The Morgan fingerprint density at radius 2 is 2.20 bits per heavy atom. The first-order valence-electron chi connectivity index (χ1n) is 8.55. The van der Waals surface area contributed by atoms with E-state index in [0.717, 1.165) is 0 Å². The molecule has 0 unspecified atom stereocenters. The van der Waals surface area contributed by atoms with Crippen LogP contribution in [0.3, 0.4) is 0 Å². The maximum Gasteiger partial charge on any atom is 0.269 e. The van der Waals surface area contributed by atoms with E-state index in [9.17, 15) is 9.59 Å². The molecule has 0 spiro atoms. The van der Waals surface area contributed by atoms with Gasteiger partial charge in [-0.1, -0.05) is 11.6 Å². The van der Waals surface area contributed by atoms with Crippen LogP contribution >= 0.6 is 0 Å². The van der Waals surface area contributed by atoms with E-state index in [1.807, 2.05) is 27.7 Å². The van der Waals surface area contributed by atoms with Gasteiger partial charge in [-0.2, -0.15) is 5.10 Å². The van der Waals surface area contributed by atoms with Gasteiger partial charge < -0.3 is 16.4 Å². The molecule has 138 valence electrons. The molecule has 2 amide bonds. The number of nitrogens with two attached hydrogens (primary N) is 1. The Kier molecular flexibility index (Phi) is 6.19. The lowest BCUT2D eigenvalue weighted by atomic mass is 10.1. The topological polar surface area (TPSA) is 116 Å². The van der Waals surface area contributed by atoms with Crippen molar-refractivity contribution >= 4 is 17.6 Å². The van der Waals surface area contributed by atoms with E-state index >= 15 is 0 Å². The fourth-order valence-corrected chi connectivity index (χ4v) is 2.88. The Balaban J connectivity index is 2.04. The maximum absolute atomic E-state index is 12.5. The van der Waals surface area contributed by atoms with Crippen LogP contribution < -0.4 is 16.4 Å². The summed E-state index contributed by atoms with van der Waals surface area (Å²) in [7, 11) is 0. The van der Waals surface area contributed by atoms with Crippen molar-refractivity contribution in [2.24, 2.45) is 0 Å². The summed E-state index contributed by atoms with van der Waals surface area (Å²) in [5.74, 6) is 0.0110. The van der Waals surface area contributed by atoms with E-state index in [2.05, 4.69) is 31.8 Å². The summed E-state index contributed by atoms with van der Waals surface area (Å²) in [5, 5.41) is 12.3. The zero-order chi connectivity index (χ0) is 18.6. The van der Waals surface area contributed by atoms with Gasteiger partial charge in [0.15, 0.2) is 0 Å². The highest BCUT2D eigenvalue weighted by Gasteiger charge is 2.37. The van der Waals surface area contributed by atoms with Gasteiger partial charge in [0.2, 0.25) is 5.91 Å². The van der Waals surface area contributed by atoms with Crippen molar-refractivity contribution in [2.45, 2.75) is 52.2 Å². The van der Waals surface area contributed by atoms with E-state index in [-0.39, 0.29) is 35.8 Å². The van der Waals surface area contributed by atoms with E-state index < -0.39 is 0 Å². The number of anilines is 1. The normalized spacial score (nSPS) is 20.5. The highest BCUT2D eigenvalue weighted by Crippen LogP contribution is 2.19. The average molecular weight is 348 g/mol. The van der Waals surface area contributed by atoms with Gasteiger partial charge >= 0.3 is 0 Å². The predicted molar refractivity (Wildman–Crippen MR) is 96.9 cm³/mol. The van der Waals surface area contributed by atoms with Crippen molar-refractivity contribution in [1.82, 2.24) is 25.7 Å². The second-order valence-corrected chi connectivity index (χ2v) is 7.03. The molecular formula is C17H28N6O2. The van der Waals surface area contributed by atoms with Crippen LogP contribution in [0.4, 0.5) is 5.82 Å². The number of allylic oxidation sites excluding steroid dienone is 1. The minimum atomic E-state index is -0.263. The number of rotatable bonds is 6. The first-order chi connectivity index (χ1) is 11.8. The number of likely N-dealkylation sites (tertiary alicyclic amines) is 1. The number of nitrogens with zero attached hydrogens (tertiary/aromatic N) is 2. The van der Waals surface area contributed by atoms with Gasteiger partial charge in [0.05, 0.1) is 6.04 Å². The molecular weight excluding hydrogens is 320 g/mol. The number of amides is 2. The highest BCUT2D eigenvalue weighted by atomic mass is 16.2. The summed E-state index contributed by atoms with van der Waals surface area (Å²) in [6.07, 6.45) is 2.67. The van der Waals surface area contributed by atoms with E-state index in [1.54, 1.807) is 0 Å². The number of H-pyrrole nitrogens is 1. The highest BCUT2D eigenvalue weighted by molar-refractivity contribution is 5.93. The van der Waals surface area contributed by atoms with Gasteiger partial charge in [0.1, 0.15) is 11.5 Å². The molecule has 5 N–H and O–H groups in total. The standard InChI is InChI=1S/C17H28N6O2/c1-10(2)5-6-23-9-12(7-14(23)17(25)19-11(3)4)20-16(24)13-8-15(18)22-21-13/h5,8,11-12,14H,6-7,9H2,1-4H3,(H,19,25)(H,20,24)(H3,18,21,22)/t12-,14+/m1/s1. The smallest absolute Gasteiger partial charge is 0.269 e. The molecule has 0 saturated carbocycles. The first kappa shape index (κ1) is 19.0. The zero-order valence-electron chi connectivity index (χ0n) is 15.3. The minimum absolute atomic E-state index is 0.000287. The van der Waals surface area contributed by atoms with Crippen molar-refractivity contribution in [3.63, 3.8) is 0 Å². The predicted octanol–water partition coefficient (Wildman–Crippen LogP) is 0.655. The summed E-state index contributed by atoms with van der Waals surface area (Å²) in [5.41, 5.74) is 7.05. The van der Waals surface area contributed by atoms with Crippen molar-refractivity contribution in [3.05, 3.63) is 23.4 Å². The number of hydrogen-bond donors (Lipinski definition) is 4. The minimum Gasteiger partial charge on any atom is -0.382 e. The van der Waals surface area contributed by atoms with Crippen molar-refractivity contribution < 1.29 is 9.59 Å². The van der Waals surface area contributed by atoms with Crippen LogP contribution in [0.2, 0.25) is 0 Å². The second-order valence-electron chi connectivity index (χ2n) is 7.03. The van der Waals surface area contributed by atoms with Gasteiger partial charge in [0, 0.05) is 31.2 Å². The van der Waals surface area contributed by atoms with Crippen LogP contribution in [0.5, 0.6) is 0 Å². The molecule has 0 aromatic carbocycles. The Morgan fingerprint density at radius 3 is 2.76 bits per heavy atom. The number of nitrogens with one attached hydrogen (secondary N) is 3. The fourth-order valence-electron chi connectivity index (χ4n) is 2.88. The van der Waals surface area contributed by atoms with Crippen LogP contribution in [-0.4, -0.2) is 58.1 Å². The first-order valence-corrected chi connectivity index (χ1v) is 8.55. The summed E-state index contributed by atoms with van der Waals surface area (Å²) in [4.78, 5) is 26.9. The fraction of sp³-hybridized carbons (Fsp3) is 0.588. The third-order valence-electron chi connectivity index (χ3n) is 4.05. The van der Waals surface area contributed by atoms with Crippen LogP contribution in [0.25, 0.3) is 0 Å². The average Bonchev–Trinajstić information content (AvgIpc) is 3.10. The molecule has 2 heterocycles. The summed E-state index contributed by atoms with van der Waals surface area (Å²) < 4.78 is 0. The number of nitrogen functional groups attached to an aromatic ring is 1. The molecule has 1 saturated heterocycles. The largest absolute Gasteiger partial charge is 0.382 e. The molecule has 1 aromatic rings. The van der Waals surface area contributed by atoms with Crippen molar-refractivity contribution in [2.75, 3.05) is 18.8 Å². The quantitative estimate of drug-likeness (QED) is 0.564. The molecule has 0 bridgehead atoms. The van der Waals surface area contributed by atoms with Gasteiger partial charge in [-0.15, -0.1) is 0 Å². The number of carbonyl (C=O) groups is 2. The molecule has 0 aliphatic carbocycles.